The summed E-state index contributed by atoms with van der Waals surface area (Å²) in [7, 11) is 0. The van der Waals surface area contributed by atoms with Gasteiger partial charge in [0, 0.05) is 5.56 Å². The highest BCUT2D eigenvalue weighted by molar-refractivity contribution is 5.74. The fourth-order valence-electron chi connectivity index (χ4n) is 1.83. The molecule has 0 unspecified atom stereocenters. The zero-order chi connectivity index (χ0) is 16.0. The van der Waals surface area contributed by atoms with Gasteiger partial charge in [0.05, 0.1) is 24.7 Å². The first-order chi connectivity index (χ1) is 9.80. The summed E-state index contributed by atoms with van der Waals surface area (Å²) in [4.78, 5) is 11.5. The molecule has 4 nitrogen and oxygen atoms in total. The average Bonchev–Trinajstić information content (AvgIpc) is 2.39. The third-order valence-electron chi connectivity index (χ3n) is 2.61. The van der Waals surface area contributed by atoms with Gasteiger partial charge in [0.15, 0.2) is 0 Å². The Balaban J connectivity index is 3.28. The van der Waals surface area contributed by atoms with Crippen LogP contribution in [0, 0.1) is 11.3 Å². The van der Waals surface area contributed by atoms with Crippen molar-refractivity contribution in [3.63, 3.8) is 0 Å². The number of halogens is 3. The number of aryl methyl sites for hydroxylation is 1. The Bertz CT molecular complexity index is 562. The number of hydrogen-bond donors (Lipinski definition) is 0. The van der Waals surface area contributed by atoms with E-state index >= 15 is 0 Å². The Morgan fingerprint density at radius 3 is 2.38 bits per heavy atom. The Labute approximate surface area is 120 Å². The van der Waals surface area contributed by atoms with Gasteiger partial charge in [0.1, 0.15) is 5.75 Å². The summed E-state index contributed by atoms with van der Waals surface area (Å²) in [5, 5.41) is 8.91. The summed E-state index contributed by atoms with van der Waals surface area (Å²) >= 11 is 0. The molecule has 1 aromatic carbocycles. The molecule has 0 saturated heterocycles. The van der Waals surface area contributed by atoms with Crippen molar-refractivity contribution in [3.8, 4) is 11.8 Å². The topological polar surface area (TPSA) is 59.3 Å². The van der Waals surface area contributed by atoms with Gasteiger partial charge < -0.3 is 9.47 Å². The van der Waals surface area contributed by atoms with Crippen LogP contribution in [0.5, 0.6) is 5.75 Å². The van der Waals surface area contributed by atoms with E-state index in [1.54, 1.807) is 13.8 Å². The molecular formula is C14H14F3NO3. The highest BCUT2D eigenvalue weighted by Crippen LogP contribution is 2.32. The maximum absolute atomic E-state index is 12.5. The molecule has 1 rings (SSSR count). The predicted molar refractivity (Wildman–Crippen MR) is 67.6 cm³/mol. The van der Waals surface area contributed by atoms with Crippen LogP contribution >= 0.6 is 0 Å². The molecule has 114 valence electrons. The molecule has 0 fully saturated rings. The number of carbonyl (C=O) groups is 1. The van der Waals surface area contributed by atoms with E-state index in [-0.39, 0.29) is 36.1 Å². The molecule has 0 heterocycles. The van der Waals surface area contributed by atoms with Crippen LogP contribution < -0.4 is 4.74 Å². The second-order valence-corrected chi connectivity index (χ2v) is 4.12. The van der Waals surface area contributed by atoms with Gasteiger partial charge in [-0.3, -0.25) is 4.79 Å². The first-order valence-electron chi connectivity index (χ1n) is 6.28. The predicted octanol–water partition coefficient (Wildman–Crippen LogP) is 3.12. The molecule has 0 saturated carbocycles. The summed E-state index contributed by atoms with van der Waals surface area (Å²) in [6.07, 6.45) is -5.03. The average molecular weight is 301 g/mol. The molecule has 0 N–H and O–H groups in total. The number of carbonyl (C=O) groups excluding carboxylic acids is 1. The van der Waals surface area contributed by atoms with Gasteiger partial charge in [-0.1, -0.05) is 6.92 Å². The molecule has 0 spiro atoms. The minimum absolute atomic E-state index is 0.0123. The summed E-state index contributed by atoms with van der Waals surface area (Å²) in [5.74, 6) is -1.11. The molecule has 0 bridgehead atoms. The van der Waals surface area contributed by atoms with E-state index < -0.39 is 18.1 Å². The van der Waals surface area contributed by atoms with E-state index in [9.17, 15) is 18.0 Å². The summed E-state index contributed by atoms with van der Waals surface area (Å²) in [6.45, 7) is 3.34. The van der Waals surface area contributed by atoms with Crippen molar-refractivity contribution in [2.75, 3.05) is 6.61 Å². The van der Waals surface area contributed by atoms with E-state index in [2.05, 4.69) is 4.74 Å². The molecular weight excluding hydrogens is 287 g/mol. The van der Waals surface area contributed by atoms with Gasteiger partial charge in [-0.2, -0.15) is 5.26 Å². The lowest BCUT2D eigenvalue weighted by Crippen LogP contribution is -2.20. The minimum Gasteiger partial charge on any atom is -0.466 e. The molecule has 0 aliphatic carbocycles. The van der Waals surface area contributed by atoms with Gasteiger partial charge in [0.25, 0.3) is 0 Å². The lowest BCUT2D eigenvalue weighted by molar-refractivity contribution is -0.275. The number of esters is 1. The maximum Gasteiger partial charge on any atom is 0.573 e. The van der Waals surface area contributed by atoms with Crippen molar-refractivity contribution in [2.24, 2.45) is 0 Å². The van der Waals surface area contributed by atoms with Crippen molar-refractivity contribution in [3.05, 3.63) is 28.8 Å². The maximum atomic E-state index is 12.5. The van der Waals surface area contributed by atoms with Crippen LogP contribution in [0.3, 0.4) is 0 Å². The number of nitrogens with zero attached hydrogens (tertiary/aromatic N) is 1. The van der Waals surface area contributed by atoms with Crippen LogP contribution in [0.25, 0.3) is 0 Å². The standard InChI is InChI=1S/C14H14F3NO3/c1-3-10-5-9(8-18)6-11(7-12(19)20-4-2)13(10)21-14(15,16)17/h5-6H,3-4,7H2,1-2H3. The fourth-order valence-corrected chi connectivity index (χ4v) is 1.83. The number of benzene rings is 1. The Hall–Kier alpha value is -2.23. The molecule has 0 amide bonds. The van der Waals surface area contributed by atoms with Crippen molar-refractivity contribution in [1.82, 2.24) is 0 Å². The number of ether oxygens (including phenoxy) is 2. The van der Waals surface area contributed by atoms with E-state index in [1.165, 1.54) is 12.1 Å². The van der Waals surface area contributed by atoms with Gasteiger partial charge in [-0.05, 0) is 31.0 Å². The number of nitriles is 1. The smallest absolute Gasteiger partial charge is 0.466 e. The van der Waals surface area contributed by atoms with Crippen molar-refractivity contribution in [1.29, 1.82) is 5.26 Å². The lowest BCUT2D eigenvalue weighted by Gasteiger charge is -2.17. The van der Waals surface area contributed by atoms with E-state index in [1.807, 2.05) is 6.07 Å². The largest absolute Gasteiger partial charge is 0.573 e. The normalized spacial score (nSPS) is 10.9. The Morgan fingerprint density at radius 2 is 1.90 bits per heavy atom. The Morgan fingerprint density at radius 1 is 1.29 bits per heavy atom. The van der Waals surface area contributed by atoms with Gasteiger partial charge in [0.2, 0.25) is 0 Å². The quantitative estimate of drug-likeness (QED) is 0.784. The van der Waals surface area contributed by atoms with Crippen LogP contribution in [-0.4, -0.2) is 18.9 Å². The third kappa shape index (κ3) is 4.99. The minimum atomic E-state index is -4.87. The third-order valence-corrected chi connectivity index (χ3v) is 2.61. The van der Waals surface area contributed by atoms with Crippen molar-refractivity contribution in [2.45, 2.75) is 33.1 Å². The van der Waals surface area contributed by atoms with Crippen LogP contribution in [0.1, 0.15) is 30.5 Å². The number of hydrogen-bond acceptors (Lipinski definition) is 4. The molecule has 21 heavy (non-hydrogen) atoms. The van der Waals surface area contributed by atoms with Gasteiger partial charge in [-0.25, -0.2) is 0 Å². The lowest BCUT2D eigenvalue weighted by atomic mass is 10.0. The highest BCUT2D eigenvalue weighted by atomic mass is 19.4. The van der Waals surface area contributed by atoms with Crippen molar-refractivity contribution < 1.29 is 27.4 Å². The summed E-state index contributed by atoms with van der Waals surface area (Å²) < 4.78 is 46.2. The van der Waals surface area contributed by atoms with Crippen molar-refractivity contribution >= 4 is 5.97 Å². The molecule has 0 radical (unpaired) electrons. The fraction of sp³-hybridized carbons (Fsp3) is 0.429. The van der Waals surface area contributed by atoms with E-state index in [0.29, 0.717) is 0 Å². The first kappa shape index (κ1) is 16.8. The number of rotatable bonds is 5. The van der Waals surface area contributed by atoms with Crippen LogP contribution in [0.2, 0.25) is 0 Å². The second kappa shape index (κ2) is 6.97. The van der Waals surface area contributed by atoms with Crippen LogP contribution in [-0.2, 0) is 22.4 Å². The SMILES string of the molecule is CCOC(=O)Cc1cc(C#N)cc(CC)c1OC(F)(F)F. The summed E-state index contributed by atoms with van der Waals surface area (Å²) in [5.41, 5.74) is 0.369. The molecule has 0 aliphatic rings. The monoisotopic (exact) mass is 301 g/mol. The molecule has 1 aromatic rings. The summed E-state index contributed by atoms with van der Waals surface area (Å²) in [6, 6.07) is 4.37. The molecule has 7 heteroatoms. The first-order valence-corrected chi connectivity index (χ1v) is 6.28. The molecule has 0 atom stereocenters. The van der Waals surface area contributed by atoms with E-state index in [0.717, 1.165) is 0 Å². The van der Waals surface area contributed by atoms with Crippen LogP contribution in [0.15, 0.2) is 12.1 Å². The molecule has 0 aliphatic heterocycles. The zero-order valence-corrected chi connectivity index (χ0v) is 11.6. The number of alkyl halides is 3. The Kier molecular flexibility index (Phi) is 5.59. The molecule has 0 aromatic heterocycles. The van der Waals surface area contributed by atoms with Gasteiger partial charge in [-0.15, -0.1) is 13.2 Å². The highest BCUT2D eigenvalue weighted by Gasteiger charge is 2.33. The van der Waals surface area contributed by atoms with Gasteiger partial charge >= 0.3 is 12.3 Å². The second-order valence-electron chi connectivity index (χ2n) is 4.12. The van der Waals surface area contributed by atoms with E-state index in [4.69, 9.17) is 10.00 Å². The van der Waals surface area contributed by atoms with Crippen LogP contribution in [0.4, 0.5) is 13.2 Å². The zero-order valence-electron chi connectivity index (χ0n) is 11.6.